The number of carbonyl (C=O) groups is 1. The molecule has 2 aromatic rings. The summed E-state index contributed by atoms with van der Waals surface area (Å²) in [6.45, 7) is 3.36. The first-order chi connectivity index (χ1) is 12.8. The SMILES string of the molecule is CC[C@H](C)NC(=O)CN(c1ccc(OC)cc1)S(=O)(=O)c1ccc(F)cc1. The van der Waals surface area contributed by atoms with Gasteiger partial charge >= 0.3 is 0 Å². The van der Waals surface area contributed by atoms with Crippen molar-refractivity contribution in [2.24, 2.45) is 0 Å². The van der Waals surface area contributed by atoms with Gasteiger partial charge in [-0.25, -0.2) is 12.8 Å². The van der Waals surface area contributed by atoms with Crippen LogP contribution in [0.25, 0.3) is 0 Å². The van der Waals surface area contributed by atoms with Gasteiger partial charge in [-0.05, 0) is 61.9 Å². The monoisotopic (exact) mass is 394 g/mol. The van der Waals surface area contributed by atoms with Gasteiger partial charge in [-0.3, -0.25) is 9.10 Å². The van der Waals surface area contributed by atoms with E-state index in [1.807, 2.05) is 13.8 Å². The van der Waals surface area contributed by atoms with Crippen molar-refractivity contribution in [1.29, 1.82) is 0 Å². The second-order valence-electron chi connectivity index (χ2n) is 6.04. The lowest BCUT2D eigenvalue weighted by Crippen LogP contribution is -2.43. The second-order valence-corrected chi connectivity index (χ2v) is 7.90. The smallest absolute Gasteiger partial charge is 0.264 e. The Balaban J connectivity index is 2.41. The van der Waals surface area contributed by atoms with Gasteiger partial charge in [0.15, 0.2) is 0 Å². The molecule has 0 aliphatic carbocycles. The van der Waals surface area contributed by atoms with Crippen molar-refractivity contribution >= 4 is 21.6 Å². The highest BCUT2D eigenvalue weighted by molar-refractivity contribution is 7.92. The molecule has 0 unspecified atom stereocenters. The summed E-state index contributed by atoms with van der Waals surface area (Å²) < 4.78 is 45.4. The molecule has 1 N–H and O–H groups in total. The van der Waals surface area contributed by atoms with E-state index < -0.39 is 28.3 Å². The van der Waals surface area contributed by atoms with Crippen molar-refractivity contribution in [3.05, 3.63) is 54.3 Å². The normalized spacial score (nSPS) is 12.3. The van der Waals surface area contributed by atoms with E-state index in [0.29, 0.717) is 11.4 Å². The van der Waals surface area contributed by atoms with E-state index in [1.165, 1.54) is 19.2 Å². The van der Waals surface area contributed by atoms with Gasteiger partial charge in [-0.1, -0.05) is 6.92 Å². The van der Waals surface area contributed by atoms with E-state index >= 15 is 0 Å². The molecular weight excluding hydrogens is 371 g/mol. The minimum absolute atomic E-state index is 0.0799. The number of sulfonamides is 1. The van der Waals surface area contributed by atoms with Crippen molar-refractivity contribution in [3.63, 3.8) is 0 Å². The van der Waals surface area contributed by atoms with Crippen LogP contribution in [0.15, 0.2) is 53.4 Å². The Morgan fingerprint density at radius 1 is 1.15 bits per heavy atom. The Morgan fingerprint density at radius 3 is 2.26 bits per heavy atom. The summed E-state index contributed by atoms with van der Waals surface area (Å²) in [5.41, 5.74) is 0.305. The van der Waals surface area contributed by atoms with Crippen LogP contribution in [-0.2, 0) is 14.8 Å². The molecule has 146 valence electrons. The van der Waals surface area contributed by atoms with E-state index in [9.17, 15) is 17.6 Å². The van der Waals surface area contributed by atoms with Crippen molar-refractivity contribution in [2.45, 2.75) is 31.2 Å². The molecule has 27 heavy (non-hydrogen) atoms. The van der Waals surface area contributed by atoms with E-state index in [2.05, 4.69) is 5.32 Å². The maximum Gasteiger partial charge on any atom is 0.264 e. The number of nitrogens with zero attached hydrogens (tertiary/aromatic N) is 1. The maximum atomic E-state index is 13.2. The third-order valence-corrected chi connectivity index (χ3v) is 5.86. The summed E-state index contributed by atoms with van der Waals surface area (Å²) in [7, 11) is -2.56. The minimum atomic E-state index is -4.06. The molecule has 0 aliphatic heterocycles. The third-order valence-electron chi connectivity index (χ3n) is 4.07. The molecule has 2 aromatic carbocycles. The summed E-state index contributed by atoms with van der Waals surface area (Å²) >= 11 is 0. The quantitative estimate of drug-likeness (QED) is 0.747. The number of carbonyl (C=O) groups excluding carboxylic acids is 1. The highest BCUT2D eigenvalue weighted by Crippen LogP contribution is 2.25. The average Bonchev–Trinajstić information content (AvgIpc) is 2.66. The van der Waals surface area contributed by atoms with Crippen LogP contribution in [0.1, 0.15) is 20.3 Å². The number of hydrogen-bond donors (Lipinski definition) is 1. The van der Waals surface area contributed by atoms with Crippen LogP contribution in [0, 0.1) is 5.82 Å². The van der Waals surface area contributed by atoms with Crippen LogP contribution in [-0.4, -0.2) is 34.0 Å². The van der Waals surface area contributed by atoms with Gasteiger partial charge in [-0.15, -0.1) is 0 Å². The highest BCUT2D eigenvalue weighted by atomic mass is 32.2. The van der Waals surface area contributed by atoms with E-state index in [0.717, 1.165) is 22.9 Å². The Morgan fingerprint density at radius 2 is 1.74 bits per heavy atom. The Hall–Kier alpha value is -2.61. The zero-order chi connectivity index (χ0) is 20.0. The lowest BCUT2D eigenvalue weighted by atomic mass is 10.2. The standard InChI is InChI=1S/C19H23FN2O4S/c1-4-14(2)21-19(23)13-22(16-7-9-17(26-3)10-8-16)27(24,25)18-11-5-15(20)6-12-18/h5-12,14H,4,13H2,1-3H3,(H,21,23)/t14-/m0/s1. The third kappa shape index (κ3) is 5.19. The van der Waals surface area contributed by atoms with Crippen molar-refractivity contribution in [3.8, 4) is 5.75 Å². The Kier molecular flexibility index (Phi) is 6.79. The predicted octanol–water partition coefficient (Wildman–Crippen LogP) is 2.94. The van der Waals surface area contributed by atoms with Crippen LogP contribution >= 0.6 is 0 Å². The van der Waals surface area contributed by atoms with Gasteiger partial charge in [0, 0.05) is 6.04 Å². The van der Waals surface area contributed by atoms with E-state index in [1.54, 1.807) is 24.3 Å². The maximum absolute atomic E-state index is 13.2. The number of benzene rings is 2. The summed E-state index contributed by atoms with van der Waals surface area (Å²) in [6.07, 6.45) is 0.721. The number of methoxy groups -OCH3 is 1. The predicted molar refractivity (Wildman–Crippen MR) is 102 cm³/mol. The molecule has 0 saturated heterocycles. The second kappa shape index (κ2) is 8.85. The molecule has 0 fully saturated rings. The molecule has 8 heteroatoms. The highest BCUT2D eigenvalue weighted by Gasteiger charge is 2.27. The molecule has 2 rings (SSSR count). The topological polar surface area (TPSA) is 75.7 Å². The molecule has 0 spiro atoms. The molecule has 1 amide bonds. The van der Waals surface area contributed by atoms with Crippen LogP contribution in [0.5, 0.6) is 5.75 Å². The molecule has 0 radical (unpaired) electrons. The molecule has 0 heterocycles. The lowest BCUT2D eigenvalue weighted by Gasteiger charge is -2.25. The molecule has 0 bridgehead atoms. The van der Waals surface area contributed by atoms with Gasteiger partial charge in [0.2, 0.25) is 5.91 Å². The number of anilines is 1. The first-order valence-electron chi connectivity index (χ1n) is 8.49. The molecule has 0 aliphatic rings. The van der Waals surface area contributed by atoms with Gasteiger partial charge in [-0.2, -0.15) is 0 Å². The Bertz CT molecular complexity index is 868. The summed E-state index contributed by atoms with van der Waals surface area (Å²) in [5, 5.41) is 2.76. The van der Waals surface area contributed by atoms with Gasteiger partial charge in [0.05, 0.1) is 17.7 Å². The fraction of sp³-hybridized carbons (Fsp3) is 0.316. The van der Waals surface area contributed by atoms with E-state index in [-0.39, 0.29) is 10.9 Å². The summed E-state index contributed by atoms with van der Waals surface area (Å²) in [4.78, 5) is 12.2. The largest absolute Gasteiger partial charge is 0.497 e. The number of hydrogen-bond acceptors (Lipinski definition) is 4. The summed E-state index contributed by atoms with van der Waals surface area (Å²) in [5.74, 6) is -0.410. The zero-order valence-corrected chi connectivity index (χ0v) is 16.3. The number of halogens is 1. The fourth-order valence-electron chi connectivity index (χ4n) is 2.35. The first-order valence-corrected chi connectivity index (χ1v) is 9.93. The van der Waals surface area contributed by atoms with Crippen molar-refractivity contribution < 1.29 is 22.3 Å². The molecule has 0 aromatic heterocycles. The van der Waals surface area contributed by atoms with Crippen LogP contribution < -0.4 is 14.4 Å². The molecule has 0 saturated carbocycles. The minimum Gasteiger partial charge on any atom is -0.497 e. The fourth-order valence-corrected chi connectivity index (χ4v) is 3.77. The van der Waals surface area contributed by atoms with E-state index in [4.69, 9.17) is 4.74 Å². The van der Waals surface area contributed by atoms with Crippen LogP contribution in [0.4, 0.5) is 10.1 Å². The average molecular weight is 394 g/mol. The number of nitrogens with one attached hydrogen (secondary N) is 1. The number of rotatable bonds is 8. The van der Waals surface area contributed by atoms with Crippen molar-refractivity contribution in [1.82, 2.24) is 5.32 Å². The molecular formula is C19H23FN2O4S. The van der Waals surface area contributed by atoms with Gasteiger partial charge in [0.1, 0.15) is 18.1 Å². The van der Waals surface area contributed by atoms with Gasteiger partial charge in [0.25, 0.3) is 10.0 Å². The zero-order valence-electron chi connectivity index (χ0n) is 15.5. The van der Waals surface area contributed by atoms with Crippen molar-refractivity contribution in [2.75, 3.05) is 18.0 Å². The number of amides is 1. The molecule has 1 atom stereocenters. The lowest BCUT2D eigenvalue weighted by molar-refractivity contribution is -0.120. The van der Waals surface area contributed by atoms with Crippen LogP contribution in [0.3, 0.4) is 0 Å². The summed E-state index contributed by atoms with van der Waals surface area (Å²) in [6, 6.07) is 10.7. The first kappa shape index (κ1) is 20.7. The molecule has 6 nitrogen and oxygen atoms in total. The number of ether oxygens (including phenoxy) is 1. The Labute approximate surface area is 159 Å². The van der Waals surface area contributed by atoms with Gasteiger partial charge < -0.3 is 10.1 Å². The van der Waals surface area contributed by atoms with Crippen LogP contribution in [0.2, 0.25) is 0 Å².